The van der Waals surface area contributed by atoms with Crippen LogP contribution in [0.15, 0.2) is 54.6 Å². The van der Waals surface area contributed by atoms with E-state index >= 15 is 0 Å². The van der Waals surface area contributed by atoms with Crippen molar-refractivity contribution in [2.45, 2.75) is 18.4 Å². The maximum Gasteiger partial charge on any atom is 0.119 e. The molecular weight excluding hydrogens is 372 g/mol. The van der Waals surface area contributed by atoms with Crippen molar-refractivity contribution >= 4 is 23.3 Å². The molecule has 0 aliphatic heterocycles. The predicted molar refractivity (Wildman–Crippen MR) is 115 cm³/mol. The fraction of sp³-hybridized carbons (Fsp3) is 0.348. The molecule has 4 nitrogen and oxygen atoms in total. The zero-order valence-electron chi connectivity index (χ0n) is 16.6. The van der Waals surface area contributed by atoms with Crippen molar-refractivity contribution in [2.24, 2.45) is 5.92 Å². The summed E-state index contributed by atoms with van der Waals surface area (Å²) < 4.78 is 5.40. The van der Waals surface area contributed by atoms with E-state index in [4.69, 9.17) is 9.72 Å². The Labute approximate surface area is 172 Å². The smallest absolute Gasteiger partial charge is 0.119 e. The van der Waals surface area contributed by atoms with E-state index in [2.05, 4.69) is 37.2 Å². The quantitative estimate of drug-likeness (QED) is 0.725. The minimum absolute atomic E-state index is 0. The van der Waals surface area contributed by atoms with Crippen molar-refractivity contribution in [3.05, 3.63) is 71.4 Å². The lowest BCUT2D eigenvalue weighted by atomic mass is 9.70. The summed E-state index contributed by atoms with van der Waals surface area (Å²) in [6, 6.07) is 18.2. The largest absolute Gasteiger partial charge is 0.497 e. The van der Waals surface area contributed by atoms with Crippen molar-refractivity contribution in [3.8, 4) is 5.75 Å². The first kappa shape index (κ1) is 20.6. The number of aromatic nitrogens is 1. The van der Waals surface area contributed by atoms with Crippen LogP contribution in [-0.2, 0) is 18.4 Å². The lowest BCUT2D eigenvalue weighted by Crippen LogP contribution is -2.46. The van der Waals surface area contributed by atoms with Gasteiger partial charge in [-0.25, -0.2) is 0 Å². The highest BCUT2D eigenvalue weighted by Crippen LogP contribution is 2.42. The number of hydrogen-bond acceptors (Lipinski definition) is 4. The van der Waals surface area contributed by atoms with E-state index in [1.807, 2.05) is 36.4 Å². The van der Waals surface area contributed by atoms with Crippen LogP contribution in [0.2, 0.25) is 0 Å². The Morgan fingerprint density at radius 2 is 1.93 bits per heavy atom. The lowest BCUT2D eigenvalue weighted by Gasteiger charge is -2.42. The first-order chi connectivity index (χ1) is 13.0. The SMILES string of the molecule is COc1cccc(C2(O)Cc3cc4ccccc4nc3CC2CN(C)C)c1.Cl. The predicted octanol–water partition coefficient (Wildman–Crippen LogP) is 3.83. The molecule has 5 heteroatoms. The highest BCUT2D eigenvalue weighted by atomic mass is 35.5. The number of methoxy groups -OCH3 is 1. The maximum absolute atomic E-state index is 11.9. The van der Waals surface area contributed by atoms with Crippen molar-refractivity contribution < 1.29 is 9.84 Å². The van der Waals surface area contributed by atoms with Crippen LogP contribution in [0.3, 0.4) is 0 Å². The topological polar surface area (TPSA) is 45.6 Å². The minimum Gasteiger partial charge on any atom is -0.497 e. The van der Waals surface area contributed by atoms with Crippen molar-refractivity contribution in [3.63, 3.8) is 0 Å². The number of ether oxygens (including phenoxy) is 1. The molecule has 0 amide bonds. The fourth-order valence-electron chi connectivity index (χ4n) is 4.25. The second-order valence-electron chi connectivity index (χ2n) is 7.78. The van der Waals surface area contributed by atoms with Gasteiger partial charge in [-0.15, -0.1) is 12.4 Å². The summed E-state index contributed by atoms with van der Waals surface area (Å²) in [7, 11) is 5.76. The Bertz CT molecular complexity index is 976. The van der Waals surface area contributed by atoms with E-state index in [0.29, 0.717) is 6.42 Å². The molecule has 1 aliphatic rings. The van der Waals surface area contributed by atoms with Crippen LogP contribution in [0.4, 0.5) is 0 Å². The number of halogens is 1. The van der Waals surface area contributed by atoms with Gasteiger partial charge in [0.1, 0.15) is 5.75 Å². The Kier molecular flexibility index (Phi) is 5.94. The van der Waals surface area contributed by atoms with Gasteiger partial charge in [0.15, 0.2) is 0 Å². The molecule has 2 unspecified atom stereocenters. The van der Waals surface area contributed by atoms with Gasteiger partial charge in [0.05, 0.1) is 18.2 Å². The molecule has 0 saturated carbocycles. The maximum atomic E-state index is 11.9. The van der Waals surface area contributed by atoms with E-state index in [9.17, 15) is 5.11 Å². The number of fused-ring (bicyclic) bond motifs is 2. The summed E-state index contributed by atoms with van der Waals surface area (Å²) in [6.45, 7) is 0.793. The normalized spacial score (nSPS) is 21.2. The van der Waals surface area contributed by atoms with Crippen LogP contribution < -0.4 is 4.74 Å². The molecule has 2 atom stereocenters. The average molecular weight is 399 g/mol. The first-order valence-electron chi connectivity index (χ1n) is 9.39. The number of para-hydroxylation sites is 1. The zero-order valence-corrected chi connectivity index (χ0v) is 17.4. The minimum atomic E-state index is -0.948. The first-order valence-corrected chi connectivity index (χ1v) is 9.39. The standard InChI is InChI=1S/C23H26N2O2.ClH/c1-25(2)15-19-13-22-17(11-16-7-4-5-10-21(16)24-22)14-23(19,26)18-8-6-9-20(12-18)27-3;/h4-12,19,26H,13-15H2,1-3H3;1H. The summed E-state index contributed by atoms with van der Waals surface area (Å²) >= 11 is 0. The molecule has 3 aromatic rings. The summed E-state index contributed by atoms with van der Waals surface area (Å²) in [4.78, 5) is 7.05. The van der Waals surface area contributed by atoms with Crippen molar-refractivity contribution in [1.82, 2.24) is 9.88 Å². The fourth-order valence-corrected chi connectivity index (χ4v) is 4.25. The monoisotopic (exact) mass is 398 g/mol. The van der Waals surface area contributed by atoms with Crippen LogP contribution in [0, 0.1) is 5.92 Å². The molecule has 2 aromatic carbocycles. The molecule has 4 rings (SSSR count). The van der Waals surface area contributed by atoms with Gasteiger partial charge in [0.25, 0.3) is 0 Å². The van der Waals surface area contributed by atoms with Gasteiger partial charge >= 0.3 is 0 Å². The van der Waals surface area contributed by atoms with Gasteiger partial charge < -0.3 is 14.7 Å². The molecule has 1 N–H and O–H groups in total. The number of benzene rings is 2. The third kappa shape index (κ3) is 3.72. The Hall–Kier alpha value is -2.14. The van der Waals surface area contributed by atoms with E-state index in [0.717, 1.165) is 46.4 Å². The molecule has 0 spiro atoms. The van der Waals surface area contributed by atoms with Gasteiger partial charge in [-0.2, -0.15) is 0 Å². The Morgan fingerprint density at radius 1 is 1.14 bits per heavy atom. The van der Waals surface area contributed by atoms with Crippen molar-refractivity contribution in [2.75, 3.05) is 27.7 Å². The van der Waals surface area contributed by atoms with E-state index in [1.54, 1.807) is 7.11 Å². The van der Waals surface area contributed by atoms with Crippen LogP contribution in [0.5, 0.6) is 5.75 Å². The van der Waals surface area contributed by atoms with E-state index in [1.165, 1.54) is 0 Å². The Morgan fingerprint density at radius 3 is 2.68 bits per heavy atom. The van der Waals surface area contributed by atoms with E-state index in [-0.39, 0.29) is 18.3 Å². The molecule has 1 aliphatic carbocycles. The summed E-state index contributed by atoms with van der Waals surface area (Å²) in [6.07, 6.45) is 1.32. The number of hydrogen-bond donors (Lipinski definition) is 1. The zero-order chi connectivity index (χ0) is 19.0. The van der Waals surface area contributed by atoms with E-state index < -0.39 is 5.60 Å². The number of nitrogens with zero attached hydrogens (tertiary/aromatic N) is 2. The number of pyridine rings is 1. The van der Waals surface area contributed by atoms with Gasteiger partial charge in [-0.3, -0.25) is 4.98 Å². The summed E-state index contributed by atoms with van der Waals surface area (Å²) in [5.74, 6) is 0.827. The third-order valence-electron chi connectivity index (χ3n) is 5.62. The molecule has 0 bridgehead atoms. The summed E-state index contributed by atoms with van der Waals surface area (Å²) in [5, 5.41) is 13.0. The van der Waals surface area contributed by atoms with Crippen molar-refractivity contribution in [1.29, 1.82) is 0 Å². The van der Waals surface area contributed by atoms with Gasteiger partial charge in [-0.05, 0) is 55.9 Å². The van der Waals surface area contributed by atoms with Gasteiger partial charge in [0.2, 0.25) is 0 Å². The highest BCUT2D eigenvalue weighted by molar-refractivity contribution is 5.85. The average Bonchev–Trinajstić information content (AvgIpc) is 2.67. The summed E-state index contributed by atoms with van der Waals surface area (Å²) in [5.41, 5.74) is 3.22. The molecule has 1 heterocycles. The van der Waals surface area contributed by atoms with Crippen LogP contribution in [0.1, 0.15) is 16.8 Å². The number of rotatable bonds is 4. The second-order valence-corrected chi connectivity index (χ2v) is 7.78. The lowest BCUT2D eigenvalue weighted by molar-refractivity contribution is -0.0400. The molecule has 28 heavy (non-hydrogen) atoms. The van der Waals surface area contributed by atoms with Gasteiger partial charge in [-0.1, -0.05) is 30.3 Å². The van der Waals surface area contributed by atoms with Crippen LogP contribution in [0.25, 0.3) is 10.9 Å². The molecule has 0 saturated heterocycles. The van der Waals surface area contributed by atoms with Crippen LogP contribution >= 0.6 is 12.4 Å². The molecular formula is C23H27ClN2O2. The third-order valence-corrected chi connectivity index (χ3v) is 5.62. The molecule has 1 aromatic heterocycles. The Balaban J connectivity index is 0.00000225. The van der Waals surface area contributed by atoms with Gasteiger partial charge in [0, 0.05) is 30.0 Å². The second kappa shape index (κ2) is 8.08. The van der Waals surface area contributed by atoms with Crippen LogP contribution in [-0.4, -0.2) is 42.7 Å². The highest BCUT2D eigenvalue weighted by Gasteiger charge is 2.43. The molecule has 148 valence electrons. The number of aliphatic hydroxyl groups is 1. The molecule has 0 radical (unpaired) electrons. The molecule has 0 fully saturated rings.